The summed E-state index contributed by atoms with van der Waals surface area (Å²) in [6, 6.07) is 21.7. The minimum atomic E-state index is -0.479. The van der Waals surface area contributed by atoms with E-state index in [1.165, 1.54) is 0 Å². The summed E-state index contributed by atoms with van der Waals surface area (Å²) in [5.41, 5.74) is 7.84. The number of fused-ring (bicyclic) bond motifs is 1. The van der Waals surface area contributed by atoms with Crippen LogP contribution in [-0.2, 0) is 14.3 Å². The van der Waals surface area contributed by atoms with Crippen LogP contribution in [0.1, 0.15) is 29.8 Å². The molecule has 1 heterocycles. The number of hydrogen-bond donors (Lipinski definition) is 1. The lowest BCUT2D eigenvalue weighted by molar-refractivity contribution is -0.149. The van der Waals surface area contributed by atoms with Gasteiger partial charge in [0.1, 0.15) is 18.0 Å². The van der Waals surface area contributed by atoms with Gasteiger partial charge in [0.2, 0.25) is 0 Å². The molecular weight excluding hydrogens is 354 g/mol. The standard InChI is InChI=1S/C23H23NO4/c1-26-19-10-9-16-11-18(8-7-17(16)12-19)21(14-24)27-22(25)13-20-23(28-20)15-5-3-2-4-6-15/h2-12,20-21,23H,13-14,24H2,1H3/t20-,21-,23-/m0/s1. The number of carbonyl (C=O) groups is 1. The minimum absolute atomic E-state index is 0.0271. The Bertz CT molecular complexity index is 973. The van der Waals surface area contributed by atoms with E-state index in [1.807, 2.05) is 66.7 Å². The Labute approximate surface area is 164 Å². The van der Waals surface area contributed by atoms with Gasteiger partial charge in [0, 0.05) is 6.54 Å². The number of benzene rings is 3. The van der Waals surface area contributed by atoms with Crippen LogP contribution < -0.4 is 10.5 Å². The molecule has 3 aromatic carbocycles. The Morgan fingerprint density at radius 3 is 2.57 bits per heavy atom. The van der Waals surface area contributed by atoms with E-state index in [0.29, 0.717) is 0 Å². The first-order chi connectivity index (χ1) is 13.7. The van der Waals surface area contributed by atoms with E-state index >= 15 is 0 Å². The molecule has 1 saturated heterocycles. The van der Waals surface area contributed by atoms with Gasteiger partial charge in [-0.15, -0.1) is 0 Å². The molecule has 28 heavy (non-hydrogen) atoms. The first-order valence-electron chi connectivity index (χ1n) is 9.35. The first-order valence-corrected chi connectivity index (χ1v) is 9.35. The molecule has 0 amide bonds. The lowest BCUT2D eigenvalue weighted by atomic mass is 10.0. The van der Waals surface area contributed by atoms with E-state index < -0.39 is 6.10 Å². The number of methoxy groups -OCH3 is 1. The van der Waals surface area contributed by atoms with Crippen LogP contribution >= 0.6 is 0 Å². The Morgan fingerprint density at radius 2 is 1.82 bits per heavy atom. The summed E-state index contributed by atoms with van der Waals surface area (Å²) in [5, 5.41) is 2.10. The Kier molecular flexibility index (Phi) is 5.28. The fourth-order valence-electron chi connectivity index (χ4n) is 3.43. The molecule has 0 spiro atoms. The second-order valence-electron chi connectivity index (χ2n) is 6.90. The van der Waals surface area contributed by atoms with Crippen molar-refractivity contribution in [1.82, 2.24) is 0 Å². The van der Waals surface area contributed by atoms with Gasteiger partial charge in [-0.1, -0.05) is 48.5 Å². The van der Waals surface area contributed by atoms with E-state index in [4.69, 9.17) is 19.9 Å². The third-order valence-corrected chi connectivity index (χ3v) is 5.01. The summed E-state index contributed by atoms with van der Waals surface area (Å²) < 4.78 is 16.5. The maximum absolute atomic E-state index is 12.4. The van der Waals surface area contributed by atoms with E-state index in [-0.39, 0.29) is 31.1 Å². The highest BCUT2D eigenvalue weighted by atomic mass is 16.6. The van der Waals surface area contributed by atoms with E-state index in [2.05, 4.69) is 0 Å². The molecule has 4 rings (SSSR count). The van der Waals surface area contributed by atoms with Crippen molar-refractivity contribution in [1.29, 1.82) is 0 Å². The molecule has 0 bridgehead atoms. The zero-order chi connectivity index (χ0) is 19.5. The SMILES string of the molecule is COc1ccc2cc([C@H](CN)OC(=O)C[C@@H]3O[C@H]3c3ccccc3)ccc2c1. The lowest BCUT2D eigenvalue weighted by Gasteiger charge is -2.17. The summed E-state index contributed by atoms with van der Waals surface area (Å²) in [4.78, 5) is 12.4. The highest BCUT2D eigenvalue weighted by Crippen LogP contribution is 2.41. The average Bonchev–Trinajstić information content (AvgIpc) is 3.50. The monoisotopic (exact) mass is 377 g/mol. The summed E-state index contributed by atoms with van der Waals surface area (Å²) in [6.45, 7) is 0.223. The van der Waals surface area contributed by atoms with Gasteiger partial charge < -0.3 is 19.9 Å². The van der Waals surface area contributed by atoms with Crippen molar-refractivity contribution < 1.29 is 19.0 Å². The zero-order valence-electron chi connectivity index (χ0n) is 15.7. The molecule has 5 nitrogen and oxygen atoms in total. The minimum Gasteiger partial charge on any atom is -0.497 e. The second-order valence-corrected chi connectivity index (χ2v) is 6.90. The molecular formula is C23H23NO4. The normalized spacial score (nSPS) is 19.2. The van der Waals surface area contributed by atoms with Gasteiger partial charge in [0.05, 0.1) is 19.6 Å². The van der Waals surface area contributed by atoms with Gasteiger partial charge >= 0.3 is 5.97 Å². The molecule has 1 fully saturated rings. The topological polar surface area (TPSA) is 74.1 Å². The van der Waals surface area contributed by atoms with E-state index in [1.54, 1.807) is 7.11 Å². The number of rotatable bonds is 7. The lowest BCUT2D eigenvalue weighted by Crippen LogP contribution is -2.20. The number of carbonyl (C=O) groups excluding carboxylic acids is 1. The fourth-order valence-corrected chi connectivity index (χ4v) is 3.43. The molecule has 144 valence electrons. The summed E-state index contributed by atoms with van der Waals surface area (Å²) in [5.74, 6) is 0.508. The van der Waals surface area contributed by atoms with Gasteiger partial charge in [-0.3, -0.25) is 4.79 Å². The highest BCUT2D eigenvalue weighted by molar-refractivity contribution is 5.84. The Balaban J connectivity index is 1.40. The molecule has 0 aromatic heterocycles. The zero-order valence-corrected chi connectivity index (χ0v) is 15.7. The van der Waals surface area contributed by atoms with Crippen LogP contribution in [0.3, 0.4) is 0 Å². The van der Waals surface area contributed by atoms with Crippen LogP contribution in [0.4, 0.5) is 0 Å². The van der Waals surface area contributed by atoms with E-state index in [9.17, 15) is 4.79 Å². The van der Waals surface area contributed by atoms with Crippen LogP contribution in [-0.4, -0.2) is 25.7 Å². The predicted octanol–water partition coefficient (Wildman–Crippen LogP) is 3.92. The van der Waals surface area contributed by atoms with Crippen molar-refractivity contribution in [3.63, 3.8) is 0 Å². The van der Waals surface area contributed by atoms with Crippen molar-refractivity contribution in [2.75, 3.05) is 13.7 Å². The van der Waals surface area contributed by atoms with Crippen molar-refractivity contribution in [3.8, 4) is 5.75 Å². The quantitative estimate of drug-likeness (QED) is 0.499. The molecule has 5 heteroatoms. The number of hydrogen-bond acceptors (Lipinski definition) is 5. The van der Waals surface area contributed by atoms with Crippen molar-refractivity contribution >= 4 is 16.7 Å². The summed E-state index contributed by atoms with van der Waals surface area (Å²) in [7, 11) is 1.64. The molecule has 1 aliphatic heterocycles. The van der Waals surface area contributed by atoms with Crippen LogP contribution in [0.25, 0.3) is 10.8 Å². The van der Waals surface area contributed by atoms with Crippen molar-refractivity contribution in [3.05, 3.63) is 77.9 Å². The largest absolute Gasteiger partial charge is 0.497 e. The number of ether oxygens (including phenoxy) is 3. The van der Waals surface area contributed by atoms with Crippen LogP contribution in [0, 0.1) is 0 Å². The molecule has 0 unspecified atom stereocenters. The molecule has 3 atom stereocenters. The summed E-state index contributed by atoms with van der Waals surface area (Å²) in [6.07, 6.45) is -0.410. The molecule has 1 aliphatic rings. The highest BCUT2D eigenvalue weighted by Gasteiger charge is 2.42. The smallest absolute Gasteiger partial charge is 0.309 e. The van der Waals surface area contributed by atoms with Gasteiger partial charge in [-0.25, -0.2) is 0 Å². The number of epoxide rings is 1. The van der Waals surface area contributed by atoms with Gasteiger partial charge in [-0.05, 0) is 40.1 Å². The molecule has 2 N–H and O–H groups in total. The maximum Gasteiger partial charge on any atom is 0.309 e. The maximum atomic E-state index is 12.4. The third kappa shape index (κ3) is 4.01. The van der Waals surface area contributed by atoms with Crippen LogP contribution in [0.15, 0.2) is 66.7 Å². The Morgan fingerprint density at radius 1 is 1.07 bits per heavy atom. The average molecular weight is 377 g/mol. The van der Waals surface area contributed by atoms with Crippen molar-refractivity contribution in [2.24, 2.45) is 5.73 Å². The third-order valence-electron chi connectivity index (χ3n) is 5.01. The molecule has 3 aromatic rings. The van der Waals surface area contributed by atoms with Crippen LogP contribution in [0.2, 0.25) is 0 Å². The van der Waals surface area contributed by atoms with Crippen molar-refractivity contribution in [2.45, 2.75) is 24.7 Å². The fraction of sp³-hybridized carbons (Fsp3) is 0.261. The molecule has 0 aliphatic carbocycles. The summed E-state index contributed by atoms with van der Waals surface area (Å²) >= 11 is 0. The second kappa shape index (κ2) is 8.00. The van der Waals surface area contributed by atoms with Gasteiger partial charge in [0.25, 0.3) is 0 Å². The van der Waals surface area contributed by atoms with E-state index in [0.717, 1.165) is 27.6 Å². The van der Waals surface area contributed by atoms with Crippen LogP contribution in [0.5, 0.6) is 5.75 Å². The van der Waals surface area contributed by atoms with Gasteiger partial charge in [0.15, 0.2) is 0 Å². The molecule has 0 radical (unpaired) electrons. The number of nitrogens with two attached hydrogens (primary N) is 1. The molecule has 0 saturated carbocycles. The Hall–Kier alpha value is -2.89. The van der Waals surface area contributed by atoms with Gasteiger partial charge in [-0.2, -0.15) is 0 Å². The predicted molar refractivity (Wildman–Crippen MR) is 107 cm³/mol. The number of esters is 1. The first kappa shape index (κ1) is 18.5.